The Kier molecular flexibility index (Phi) is 4.72. The molecule has 1 saturated heterocycles. The molecule has 0 bridgehead atoms. The zero-order valence-corrected chi connectivity index (χ0v) is 11.6. The summed E-state index contributed by atoms with van der Waals surface area (Å²) in [5, 5.41) is 8.56. The number of benzene rings is 1. The van der Waals surface area contributed by atoms with E-state index in [-0.39, 0.29) is 6.04 Å². The molecular formula is C14H18F3N3O. The smallest absolute Gasteiger partial charge is 0.334 e. The number of hydrogen-bond acceptors (Lipinski definition) is 2. The number of nitrogens with one attached hydrogen (secondary N) is 3. The number of amides is 2. The minimum Gasteiger partial charge on any atom is -0.334 e. The maximum Gasteiger partial charge on any atom is 0.416 e. The highest BCUT2D eigenvalue weighted by Crippen LogP contribution is 2.29. The van der Waals surface area contributed by atoms with Crippen molar-refractivity contribution in [3.63, 3.8) is 0 Å². The fourth-order valence-corrected chi connectivity index (χ4v) is 2.26. The molecule has 1 aromatic carbocycles. The van der Waals surface area contributed by atoms with Gasteiger partial charge >= 0.3 is 12.2 Å². The molecule has 0 aliphatic carbocycles. The number of carbonyl (C=O) groups is 1. The lowest BCUT2D eigenvalue weighted by Crippen LogP contribution is -2.51. The van der Waals surface area contributed by atoms with E-state index in [1.807, 2.05) is 0 Å². The lowest BCUT2D eigenvalue weighted by atomic mass is 9.95. The van der Waals surface area contributed by atoms with E-state index in [1.54, 1.807) is 0 Å². The van der Waals surface area contributed by atoms with Crippen LogP contribution in [0.3, 0.4) is 0 Å². The van der Waals surface area contributed by atoms with Crippen LogP contribution in [0.15, 0.2) is 24.3 Å². The first-order valence-corrected chi connectivity index (χ1v) is 6.82. The third-order valence-corrected chi connectivity index (χ3v) is 3.61. The Morgan fingerprint density at radius 1 is 1.29 bits per heavy atom. The molecule has 116 valence electrons. The average molecular weight is 301 g/mol. The van der Waals surface area contributed by atoms with Gasteiger partial charge in [-0.1, -0.05) is 6.92 Å². The largest absolute Gasteiger partial charge is 0.416 e. The molecule has 0 spiro atoms. The van der Waals surface area contributed by atoms with Crippen LogP contribution in [0.25, 0.3) is 0 Å². The van der Waals surface area contributed by atoms with E-state index in [4.69, 9.17) is 0 Å². The summed E-state index contributed by atoms with van der Waals surface area (Å²) >= 11 is 0. The number of piperidine rings is 1. The predicted molar refractivity (Wildman–Crippen MR) is 74.0 cm³/mol. The number of anilines is 1. The van der Waals surface area contributed by atoms with E-state index in [2.05, 4.69) is 22.9 Å². The molecule has 0 radical (unpaired) electrons. The highest BCUT2D eigenvalue weighted by atomic mass is 19.4. The minimum atomic E-state index is -4.37. The Morgan fingerprint density at radius 3 is 2.52 bits per heavy atom. The number of rotatable bonds is 2. The average Bonchev–Trinajstić information content (AvgIpc) is 2.41. The summed E-state index contributed by atoms with van der Waals surface area (Å²) in [6, 6.07) is 3.99. The molecule has 7 heteroatoms. The second-order valence-electron chi connectivity index (χ2n) is 5.25. The lowest BCUT2D eigenvalue weighted by Gasteiger charge is -2.30. The first-order valence-electron chi connectivity index (χ1n) is 6.82. The Labute approximate surface area is 121 Å². The normalized spacial score (nSPS) is 22.7. The molecule has 21 heavy (non-hydrogen) atoms. The fraction of sp³-hybridized carbons (Fsp3) is 0.500. The summed E-state index contributed by atoms with van der Waals surface area (Å²) in [6.07, 6.45) is -3.39. The molecular weight excluding hydrogens is 283 g/mol. The molecule has 2 unspecified atom stereocenters. The monoisotopic (exact) mass is 301 g/mol. The first-order chi connectivity index (χ1) is 9.86. The zero-order valence-electron chi connectivity index (χ0n) is 11.6. The summed E-state index contributed by atoms with van der Waals surface area (Å²) in [7, 11) is 0. The van der Waals surface area contributed by atoms with Gasteiger partial charge in [0.25, 0.3) is 0 Å². The molecule has 4 nitrogen and oxygen atoms in total. The quantitative estimate of drug-likeness (QED) is 0.787. The van der Waals surface area contributed by atoms with Crippen molar-refractivity contribution in [2.24, 2.45) is 5.92 Å². The number of halogens is 3. The van der Waals surface area contributed by atoms with Gasteiger partial charge in [-0.3, -0.25) is 0 Å². The Morgan fingerprint density at radius 2 is 1.95 bits per heavy atom. The van der Waals surface area contributed by atoms with Crippen molar-refractivity contribution in [3.05, 3.63) is 29.8 Å². The topological polar surface area (TPSA) is 53.2 Å². The van der Waals surface area contributed by atoms with E-state index in [0.717, 1.165) is 25.1 Å². The Bertz CT molecular complexity index is 487. The third kappa shape index (κ3) is 4.35. The molecule has 1 aliphatic rings. The van der Waals surface area contributed by atoms with Gasteiger partial charge in [0.1, 0.15) is 0 Å². The second-order valence-corrected chi connectivity index (χ2v) is 5.25. The summed E-state index contributed by atoms with van der Waals surface area (Å²) in [5.41, 5.74) is -0.407. The molecule has 1 heterocycles. The van der Waals surface area contributed by atoms with E-state index in [9.17, 15) is 18.0 Å². The molecule has 1 aliphatic heterocycles. The molecule has 2 rings (SSSR count). The van der Waals surface area contributed by atoms with Gasteiger partial charge in [0.2, 0.25) is 0 Å². The van der Waals surface area contributed by atoms with E-state index in [1.165, 1.54) is 12.1 Å². The van der Waals surface area contributed by atoms with E-state index >= 15 is 0 Å². The van der Waals surface area contributed by atoms with Crippen molar-refractivity contribution >= 4 is 11.7 Å². The van der Waals surface area contributed by atoms with Crippen LogP contribution >= 0.6 is 0 Å². The van der Waals surface area contributed by atoms with Crippen LogP contribution in [0.4, 0.5) is 23.7 Å². The van der Waals surface area contributed by atoms with Gasteiger partial charge in [-0.15, -0.1) is 0 Å². The minimum absolute atomic E-state index is 0.0215. The van der Waals surface area contributed by atoms with Gasteiger partial charge in [-0.05, 0) is 43.1 Å². The van der Waals surface area contributed by atoms with Gasteiger partial charge in [0.15, 0.2) is 0 Å². The van der Waals surface area contributed by atoms with Crippen molar-refractivity contribution < 1.29 is 18.0 Å². The molecule has 0 aromatic heterocycles. The Hall–Kier alpha value is -1.76. The van der Waals surface area contributed by atoms with Gasteiger partial charge in [-0.25, -0.2) is 4.79 Å². The van der Waals surface area contributed by atoms with Crippen molar-refractivity contribution in [2.45, 2.75) is 25.6 Å². The maximum atomic E-state index is 12.4. The molecule has 1 aromatic rings. The van der Waals surface area contributed by atoms with Crippen LogP contribution in [0.5, 0.6) is 0 Å². The predicted octanol–water partition coefficient (Wildman–Crippen LogP) is 2.82. The second kappa shape index (κ2) is 6.34. The summed E-state index contributed by atoms with van der Waals surface area (Å²) in [6.45, 7) is 3.69. The van der Waals surface area contributed by atoms with Gasteiger partial charge < -0.3 is 16.0 Å². The number of carbonyl (C=O) groups excluding carboxylic acids is 1. The first kappa shape index (κ1) is 15.6. The van der Waals surface area contributed by atoms with Crippen LogP contribution in [0.2, 0.25) is 0 Å². The van der Waals surface area contributed by atoms with Crippen LogP contribution < -0.4 is 16.0 Å². The van der Waals surface area contributed by atoms with Crippen LogP contribution in [0.1, 0.15) is 18.9 Å². The number of hydrogen-bond donors (Lipinski definition) is 3. The number of alkyl halides is 3. The molecule has 0 saturated carbocycles. The molecule has 2 amide bonds. The highest BCUT2D eigenvalue weighted by Gasteiger charge is 2.30. The molecule has 3 N–H and O–H groups in total. The summed E-state index contributed by atoms with van der Waals surface area (Å²) in [4.78, 5) is 11.8. The lowest BCUT2D eigenvalue weighted by molar-refractivity contribution is -0.137. The molecule has 1 fully saturated rings. The fourth-order valence-electron chi connectivity index (χ4n) is 2.26. The van der Waals surface area contributed by atoms with Crippen LogP contribution in [-0.4, -0.2) is 25.2 Å². The van der Waals surface area contributed by atoms with Crippen molar-refractivity contribution in [3.8, 4) is 0 Å². The molecule has 2 atom stereocenters. The van der Waals surface area contributed by atoms with Crippen molar-refractivity contribution in [1.29, 1.82) is 0 Å². The van der Waals surface area contributed by atoms with Crippen molar-refractivity contribution in [1.82, 2.24) is 10.6 Å². The Balaban J connectivity index is 1.90. The maximum absolute atomic E-state index is 12.4. The van der Waals surface area contributed by atoms with E-state index < -0.39 is 17.8 Å². The highest BCUT2D eigenvalue weighted by molar-refractivity contribution is 5.89. The van der Waals surface area contributed by atoms with E-state index in [0.29, 0.717) is 18.2 Å². The zero-order chi connectivity index (χ0) is 15.5. The van der Waals surface area contributed by atoms with Crippen molar-refractivity contribution in [2.75, 3.05) is 18.4 Å². The van der Waals surface area contributed by atoms with Gasteiger partial charge in [0, 0.05) is 18.3 Å². The summed E-state index contributed by atoms with van der Waals surface area (Å²) in [5.74, 6) is 0.365. The standard InChI is InChI=1S/C14H18F3N3O/c1-9-6-7-18-8-12(9)20-13(21)19-11-4-2-10(3-5-11)14(15,16)17/h2-5,9,12,18H,6-8H2,1H3,(H2,19,20,21). The third-order valence-electron chi connectivity index (χ3n) is 3.61. The SMILES string of the molecule is CC1CCNCC1NC(=O)Nc1ccc(C(F)(F)F)cc1. The van der Waals surface area contributed by atoms with Crippen LogP contribution in [0, 0.1) is 5.92 Å². The summed E-state index contributed by atoms with van der Waals surface area (Å²) < 4.78 is 37.3. The van der Waals surface area contributed by atoms with Gasteiger partial charge in [0.05, 0.1) is 5.56 Å². The number of urea groups is 1. The van der Waals surface area contributed by atoms with Crippen LogP contribution in [-0.2, 0) is 6.18 Å². The van der Waals surface area contributed by atoms with Gasteiger partial charge in [-0.2, -0.15) is 13.2 Å².